The van der Waals surface area contributed by atoms with Gasteiger partial charge < -0.3 is 10.2 Å². The second-order valence-corrected chi connectivity index (χ2v) is 6.87. The van der Waals surface area contributed by atoms with Crippen molar-refractivity contribution in [3.05, 3.63) is 35.9 Å². The standard InChI is InChI=1S/C20H28N4O2/c1-2-21-20(22-12-14-24-18(25)9-6-10-19(24)26)23-13-11-17(15-23)16-7-4-3-5-8-16/h3-5,7-8,17H,2,6,9-15H2,1H3,(H,21,22). The molecule has 0 spiro atoms. The Morgan fingerprint density at radius 1 is 1.19 bits per heavy atom. The molecule has 6 nitrogen and oxygen atoms in total. The highest BCUT2D eigenvalue weighted by Crippen LogP contribution is 2.26. The van der Waals surface area contributed by atoms with Crippen molar-refractivity contribution in [2.24, 2.45) is 4.99 Å². The predicted octanol–water partition coefficient (Wildman–Crippen LogP) is 1.98. The lowest BCUT2D eigenvalue weighted by Gasteiger charge is -2.25. The summed E-state index contributed by atoms with van der Waals surface area (Å²) in [6, 6.07) is 10.6. The molecule has 1 unspecified atom stereocenters. The summed E-state index contributed by atoms with van der Waals surface area (Å²) in [6.07, 6.45) is 2.73. The number of guanidine groups is 1. The summed E-state index contributed by atoms with van der Waals surface area (Å²) in [5, 5.41) is 3.34. The van der Waals surface area contributed by atoms with Gasteiger partial charge in [-0.25, -0.2) is 0 Å². The molecule has 1 aromatic carbocycles. The van der Waals surface area contributed by atoms with Gasteiger partial charge in [0.05, 0.1) is 6.54 Å². The van der Waals surface area contributed by atoms with Crippen LogP contribution in [0.4, 0.5) is 0 Å². The van der Waals surface area contributed by atoms with Crippen LogP contribution in [0.3, 0.4) is 0 Å². The van der Waals surface area contributed by atoms with Crippen molar-refractivity contribution in [2.45, 2.75) is 38.5 Å². The Hall–Kier alpha value is -2.37. The summed E-state index contributed by atoms with van der Waals surface area (Å²) in [5.74, 6) is 1.27. The van der Waals surface area contributed by atoms with Gasteiger partial charge in [0, 0.05) is 44.9 Å². The molecular formula is C20H28N4O2. The summed E-state index contributed by atoms with van der Waals surface area (Å²) < 4.78 is 0. The number of benzene rings is 1. The predicted molar refractivity (Wildman–Crippen MR) is 102 cm³/mol. The van der Waals surface area contributed by atoms with Crippen molar-refractivity contribution >= 4 is 17.8 Å². The van der Waals surface area contributed by atoms with Crippen LogP contribution in [0, 0.1) is 0 Å². The molecule has 2 aliphatic rings. The molecule has 1 atom stereocenters. The molecule has 2 amide bonds. The Balaban J connectivity index is 1.59. The topological polar surface area (TPSA) is 65.0 Å². The summed E-state index contributed by atoms with van der Waals surface area (Å²) >= 11 is 0. The first-order chi connectivity index (χ1) is 12.7. The third-order valence-corrected chi connectivity index (χ3v) is 5.06. The summed E-state index contributed by atoms with van der Waals surface area (Å²) in [6.45, 7) is 5.59. The zero-order valence-electron chi connectivity index (χ0n) is 15.5. The quantitative estimate of drug-likeness (QED) is 0.498. The number of hydrogen-bond donors (Lipinski definition) is 1. The Bertz CT molecular complexity index is 643. The van der Waals surface area contributed by atoms with Crippen molar-refractivity contribution in [3.63, 3.8) is 0 Å². The molecule has 0 aromatic heterocycles. The second kappa shape index (κ2) is 8.83. The summed E-state index contributed by atoms with van der Waals surface area (Å²) in [4.78, 5) is 32.1. The number of rotatable bonds is 5. The maximum Gasteiger partial charge on any atom is 0.229 e. The van der Waals surface area contributed by atoms with Crippen molar-refractivity contribution in [2.75, 3.05) is 32.7 Å². The maximum atomic E-state index is 11.9. The molecule has 2 fully saturated rings. The van der Waals surface area contributed by atoms with E-state index in [-0.39, 0.29) is 11.8 Å². The SMILES string of the molecule is CCNC(=NCCN1C(=O)CCCC1=O)N1CCC(c2ccccc2)C1. The average molecular weight is 356 g/mol. The van der Waals surface area contributed by atoms with Crippen molar-refractivity contribution in [3.8, 4) is 0 Å². The van der Waals surface area contributed by atoms with Gasteiger partial charge in [0.1, 0.15) is 0 Å². The van der Waals surface area contributed by atoms with Gasteiger partial charge in [0.2, 0.25) is 11.8 Å². The minimum Gasteiger partial charge on any atom is -0.357 e. The van der Waals surface area contributed by atoms with Gasteiger partial charge in [0.15, 0.2) is 5.96 Å². The van der Waals surface area contributed by atoms with E-state index >= 15 is 0 Å². The van der Waals surface area contributed by atoms with Crippen molar-refractivity contribution in [1.82, 2.24) is 15.1 Å². The molecule has 2 aliphatic heterocycles. The van der Waals surface area contributed by atoms with E-state index in [1.807, 2.05) is 6.07 Å². The molecule has 0 aliphatic carbocycles. The molecule has 2 saturated heterocycles. The molecule has 2 heterocycles. The summed E-state index contributed by atoms with van der Waals surface area (Å²) in [7, 11) is 0. The van der Waals surface area contributed by atoms with Crippen LogP contribution in [0.5, 0.6) is 0 Å². The van der Waals surface area contributed by atoms with Gasteiger partial charge in [-0.05, 0) is 25.3 Å². The zero-order valence-corrected chi connectivity index (χ0v) is 15.5. The van der Waals surface area contributed by atoms with Gasteiger partial charge in [-0.1, -0.05) is 30.3 Å². The molecule has 0 saturated carbocycles. The molecule has 140 valence electrons. The second-order valence-electron chi connectivity index (χ2n) is 6.87. The normalized spacial score (nSPS) is 21.4. The van der Waals surface area contributed by atoms with Crippen molar-refractivity contribution in [1.29, 1.82) is 0 Å². The highest BCUT2D eigenvalue weighted by Gasteiger charge is 2.27. The molecule has 6 heteroatoms. The number of amides is 2. The fourth-order valence-electron chi connectivity index (χ4n) is 3.68. The number of nitrogens with one attached hydrogen (secondary N) is 1. The highest BCUT2D eigenvalue weighted by atomic mass is 16.2. The monoisotopic (exact) mass is 356 g/mol. The fraction of sp³-hybridized carbons (Fsp3) is 0.550. The molecule has 1 aromatic rings. The van der Waals surface area contributed by atoms with E-state index < -0.39 is 0 Å². The molecule has 1 N–H and O–H groups in total. The molecule has 0 bridgehead atoms. The first kappa shape index (κ1) is 18.4. The van der Waals surface area contributed by atoms with Gasteiger partial charge in [-0.3, -0.25) is 19.5 Å². The largest absolute Gasteiger partial charge is 0.357 e. The van der Waals surface area contributed by atoms with Crippen LogP contribution in [0.2, 0.25) is 0 Å². The number of piperidine rings is 1. The van der Waals surface area contributed by atoms with E-state index in [1.54, 1.807) is 0 Å². The van der Waals surface area contributed by atoms with E-state index in [0.29, 0.717) is 38.3 Å². The number of likely N-dealkylation sites (tertiary alicyclic amines) is 2. The van der Waals surface area contributed by atoms with Crippen molar-refractivity contribution < 1.29 is 9.59 Å². The van der Waals surface area contributed by atoms with Gasteiger partial charge >= 0.3 is 0 Å². The molecular weight excluding hydrogens is 328 g/mol. The Morgan fingerprint density at radius 2 is 1.92 bits per heavy atom. The van der Waals surface area contributed by atoms with E-state index in [0.717, 1.165) is 32.0 Å². The molecule has 26 heavy (non-hydrogen) atoms. The third-order valence-electron chi connectivity index (χ3n) is 5.06. The minimum absolute atomic E-state index is 0.0632. The van der Waals surface area contributed by atoms with Crippen LogP contribution in [-0.2, 0) is 9.59 Å². The van der Waals surface area contributed by atoms with Crippen LogP contribution in [0.15, 0.2) is 35.3 Å². The van der Waals surface area contributed by atoms with Crippen LogP contribution >= 0.6 is 0 Å². The number of imide groups is 1. The third kappa shape index (κ3) is 4.42. The van der Waals surface area contributed by atoms with Crippen LogP contribution in [0.1, 0.15) is 44.1 Å². The van der Waals surface area contributed by atoms with Crippen LogP contribution in [0.25, 0.3) is 0 Å². The maximum absolute atomic E-state index is 11.9. The van der Waals surface area contributed by atoms with E-state index in [1.165, 1.54) is 10.5 Å². The lowest BCUT2D eigenvalue weighted by molar-refractivity contribution is -0.147. The number of carbonyl (C=O) groups is 2. The fourth-order valence-corrected chi connectivity index (χ4v) is 3.68. The molecule has 0 radical (unpaired) electrons. The first-order valence-corrected chi connectivity index (χ1v) is 9.60. The highest BCUT2D eigenvalue weighted by molar-refractivity contribution is 5.97. The van der Waals surface area contributed by atoms with Gasteiger partial charge in [0.25, 0.3) is 0 Å². The lowest BCUT2D eigenvalue weighted by atomic mass is 9.99. The Morgan fingerprint density at radius 3 is 2.62 bits per heavy atom. The van der Waals surface area contributed by atoms with Gasteiger partial charge in [-0.15, -0.1) is 0 Å². The number of nitrogens with zero attached hydrogens (tertiary/aromatic N) is 3. The summed E-state index contributed by atoms with van der Waals surface area (Å²) in [5.41, 5.74) is 1.37. The van der Waals surface area contributed by atoms with E-state index in [2.05, 4.69) is 46.4 Å². The molecule has 3 rings (SSSR count). The first-order valence-electron chi connectivity index (χ1n) is 9.60. The number of carbonyl (C=O) groups excluding carboxylic acids is 2. The number of hydrogen-bond acceptors (Lipinski definition) is 3. The lowest BCUT2D eigenvalue weighted by Crippen LogP contribution is -2.43. The smallest absolute Gasteiger partial charge is 0.229 e. The van der Waals surface area contributed by atoms with Gasteiger partial charge in [-0.2, -0.15) is 0 Å². The number of aliphatic imine (C=N–C) groups is 1. The Kier molecular flexibility index (Phi) is 6.26. The average Bonchev–Trinajstić information content (AvgIpc) is 3.14. The van der Waals surface area contributed by atoms with E-state index in [9.17, 15) is 9.59 Å². The zero-order chi connectivity index (χ0) is 18.4. The van der Waals surface area contributed by atoms with E-state index in [4.69, 9.17) is 0 Å². The van der Waals surface area contributed by atoms with Crippen LogP contribution < -0.4 is 5.32 Å². The Labute approximate surface area is 155 Å². The minimum atomic E-state index is -0.0632. The van der Waals surface area contributed by atoms with Crippen LogP contribution in [-0.4, -0.2) is 60.3 Å².